The number of carbonyl (C=O) groups excluding carboxylic acids is 1. The van der Waals surface area contributed by atoms with Crippen LogP contribution in [0.5, 0.6) is 5.75 Å². The summed E-state index contributed by atoms with van der Waals surface area (Å²) in [4.78, 5) is 12.8. The number of anilines is 1. The highest BCUT2D eigenvalue weighted by atomic mass is 19.4. The van der Waals surface area contributed by atoms with Gasteiger partial charge in [-0.2, -0.15) is 27.1 Å². The Morgan fingerprint density at radius 2 is 1.62 bits per heavy atom. The lowest BCUT2D eigenvalue weighted by Crippen LogP contribution is -2.30. The second-order valence-electron chi connectivity index (χ2n) is 7.44. The van der Waals surface area contributed by atoms with Gasteiger partial charge in [-0.25, -0.2) is 9.80 Å². The van der Waals surface area contributed by atoms with Crippen LogP contribution in [-0.2, 0) is 6.18 Å². The fourth-order valence-corrected chi connectivity index (χ4v) is 3.57. The molecule has 3 aromatic carbocycles. The highest BCUT2D eigenvalue weighted by Gasteiger charge is 2.33. The van der Waals surface area contributed by atoms with E-state index in [2.05, 4.69) is 15.2 Å². The van der Waals surface area contributed by atoms with E-state index in [1.165, 1.54) is 17.1 Å². The van der Waals surface area contributed by atoms with Crippen molar-refractivity contribution >= 4 is 17.4 Å². The average molecular weight is 475 g/mol. The monoisotopic (exact) mass is 475 g/mol. The number of rotatable bonds is 5. The SMILES string of the molecule is O=C(Nc1ccc(C(F)(F)F)cc1)N1CC(c2ccccc2)C(c2ccc(OC(F)F)cc2)=N1. The third-order valence-corrected chi connectivity index (χ3v) is 5.19. The molecule has 0 aliphatic carbocycles. The van der Waals surface area contributed by atoms with Crippen LogP contribution >= 0.6 is 0 Å². The molecule has 1 aliphatic rings. The van der Waals surface area contributed by atoms with Gasteiger partial charge in [0.1, 0.15) is 5.75 Å². The molecule has 0 aromatic heterocycles. The molecule has 1 atom stereocenters. The number of hydrazone groups is 1. The maximum Gasteiger partial charge on any atom is 0.416 e. The Balaban J connectivity index is 1.57. The first-order chi connectivity index (χ1) is 16.2. The molecule has 176 valence electrons. The summed E-state index contributed by atoms with van der Waals surface area (Å²) < 4.78 is 67.6. The molecule has 1 aliphatic heterocycles. The smallest absolute Gasteiger partial charge is 0.416 e. The Morgan fingerprint density at radius 1 is 0.971 bits per heavy atom. The average Bonchev–Trinajstić information content (AvgIpc) is 3.25. The van der Waals surface area contributed by atoms with E-state index in [1.807, 2.05) is 30.3 Å². The van der Waals surface area contributed by atoms with Gasteiger partial charge >= 0.3 is 18.8 Å². The second-order valence-corrected chi connectivity index (χ2v) is 7.44. The minimum atomic E-state index is -4.48. The van der Waals surface area contributed by atoms with E-state index in [-0.39, 0.29) is 23.9 Å². The number of amides is 2. The highest BCUT2D eigenvalue weighted by Crippen LogP contribution is 2.32. The Morgan fingerprint density at radius 3 is 2.21 bits per heavy atom. The molecule has 1 unspecified atom stereocenters. The number of carbonyl (C=O) groups is 1. The molecule has 0 radical (unpaired) electrons. The molecule has 2 amide bonds. The van der Waals surface area contributed by atoms with Crippen LogP contribution in [0, 0.1) is 0 Å². The molecule has 0 saturated heterocycles. The third-order valence-electron chi connectivity index (χ3n) is 5.19. The zero-order valence-electron chi connectivity index (χ0n) is 17.5. The van der Waals surface area contributed by atoms with Gasteiger partial charge < -0.3 is 10.1 Å². The van der Waals surface area contributed by atoms with Crippen LogP contribution in [0.2, 0.25) is 0 Å². The number of hydrogen-bond donors (Lipinski definition) is 1. The summed E-state index contributed by atoms with van der Waals surface area (Å²) in [6.07, 6.45) is -4.48. The van der Waals surface area contributed by atoms with Gasteiger partial charge in [0.15, 0.2) is 0 Å². The van der Waals surface area contributed by atoms with Gasteiger partial charge in [0.05, 0.1) is 17.8 Å². The molecule has 3 aromatic rings. The Bertz CT molecular complexity index is 1160. The van der Waals surface area contributed by atoms with E-state index in [0.717, 1.165) is 29.8 Å². The fraction of sp³-hybridized carbons (Fsp3) is 0.167. The molecule has 0 saturated carbocycles. The number of ether oxygens (including phenoxy) is 1. The van der Waals surface area contributed by atoms with Gasteiger partial charge in [-0.3, -0.25) is 0 Å². The summed E-state index contributed by atoms with van der Waals surface area (Å²) in [6, 6.07) is 18.7. The third kappa shape index (κ3) is 5.33. The van der Waals surface area contributed by atoms with Gasteiger partial charge in [-0.1, -0.05) is 30.3 Å². The molecule has 34 heavy (non-hydrogen) atoms. The van der Waals surface area contributed by atoms with Gasteiger partial charge in [-0.05, 0) is 59.7 Å². The fourth-order valence-electron chi connectivity index (χ4n) is 3.57. The molecule has 0 bridgehead atoms. The summed E-state index contributed by atoms with van der Waals surface area (Å²) in [7, 11) is 0. The maximum absolute atomic E-state index is 12.8. The van der Waals surface area contributed by atoms with Crippen LogP contribution in [-0.4, -0.2) is 29.9 Å². The number of hydrogen-bond acceptors (Lipinski definition) is 3. The molecular weight excluding hydrogens is 457 g/mol. The summed E-state index contributed by atoms with van der Waals surface area (Å²) in [5.74, 6) is -0.313. The lowest BCUT2D eigenvalue weighted by atomic mass is 9.90. The largest absolute Gasteiger partial charge is 0.435 e. The van der Waals surface area contributed by atoms with Gasteiger partial charge in [0.25, 0.3) is 0 Å². The van der Waals surface area contributed by atoms with Gasteiger partial charge in [-0.15, -0.1) is 0 Å². The van der Waals surface area contributed by atoms with Crippen molar-refractivity contribution in [3.63, 3.8) is 0 Å². The van der Waals surface area contributed by atoms with Crippen molar-refractivity contribution in [1.29, 1.82) is 0 Å². The van der Waals surface area contributed by atoms with Gasteiger partial charge in [0, 0.05) is 11.6 Å². The van der Waals surface area contributed by atoms with Crippen LogP contribution in [0.1, 0.15) is 22.6 Å². The van der Waals surface area contributed by atoms with E-state index in [1.54, 1.807) is 12.1 Å². The molecule has 0 spiro atoms. The Kier molecular flexibility index (Phi) is 6.49. The van der Waals surface area contributed by atoms with Crippen LogP contribution in [0.15, 0.2) is 84.0 Å². The molecule has 1 N–H and O–H groups in total. The molecule has 1 heterocycles. The van der Waals surface area contributed by atoms with Crippen molar-refractivity contribution in [2.45, 2.75) is 18.7 Å². The maximum atomic E-state index is 12.8. The topological polar surface area (TPSA) is 53.9 Å². The summed E-state index contributed by atoms with van der Waals surface area (Å²) >= 11 is 0. The number of nitrogens with one attached hydrogen (secondary N) is 1. The van der Waals surface area contributed by atoms with Crippen LogP contribution in [0.3, 0.4) is 0 Å². The van der Waals surface area contributed by atoms with Crippen molar-refractivity contribution in [1.82, 2.24) is 5.01 Å². The normalized spacial score (nSPS) is 15.9. The Labute approximate surface area is 191 Å². The number of urea groups is 1. The van der Waals surface area contributed by atoms with Crippen molar-refractivity contribution in [2.75, 3.05) is 11.9 Å². The van der Waals surface area contributed by atoms with Crippen molar-refractivity contribution in [3.05, 3.63) is 95.6 Å². The van der Waals surface area contributed by atoms with Gasteiger partial charge in [0.2, 0.25) is 0 Å². The summed E-state index contributed by atoms with van der Waals surface area (Å²) in [5, 5.41) is 8.16. The predicted molar refractivity (Wildman–Crippen MR) is 116 cm³/mol. The molecule has 10 heteroatoms. The standard InChI is InChI=1S/C24H18F5N3O2/c25-22(26)34-19-12-6-16(7-13-19)21-20(15-4-2-1-3-5-15)14-32(31-21)23(33)30-18-10-8-17(9-11-18)24(27,28)29/h1-13,20,22H,14H2,(H,30,33). The highest BCUT2D eigenvalue weighted by molar-refractivity contribution is 6.07. The van der Waals surface area contributed by atoms with E-state index in [9.17, 15) is 26.7 Å². The zero-order chi connectivity index (χ0) is 24.3. The lowest BCUT2D eigenvalue weighted by Gasteiger charge is -2.16. The van der Waals surface area contributed by atoms with E-state index in [4.69, 9.17) is 0 Å². The number of halogens is 5. The first-order valence-corrected chi connectivity index (χ1v) is 10.1. The first kappa shape index (κ1) is 23.2. The molecular formula is C24H18F5N3O2. The van der Waals surface area contributed by atoms with E-state index in [0.29, 0.717) is 11.3 Å². The van der Waals surface area contributed by atoms with E-state index < -0.39 is 24.4 Å². The molecule has 4 rings (SSSR count). The van der Waals surface area contributed by atoms with Crippen molar-refractivity contribution < 1.29 is 31.5 Å². The van der Waals surface area contributed by atoms with E-state index >= 15 is 0 Å². The number of alkyl halides is 5. The molecule has 0 fully saturated rings. The number of nitrogens with zero attached hydrogens (tertiary/aromatic N) is 2. The summed E-state index contributed by atoms with van der Waals surface area (Å²) in [6.45, 7) is -2.77. The Hall–Kier alpha value is -3.95. The van der Waals surface area contributed by atoms with Crippen molar-refractivity contribution in [3.8, 4) is 5.75 Å². The minimum absolute atomic E-state index is 0.00879. The minimum Gasteiger partial charge on any atom is -0.435 e. The quantitative estimate of drug-likeness (QED) is 0.438. The summed E-state index contributed by atoms with van der Waals surface area (Å²) in [5.41, 5.74) is 1.40. The number of benzene rings is 3. The van der Waals surface area contributed by atoms with Crippen LogP contribution in [0.25, 0.3) is 0 Å². The predicted octanol–water partition coefficient (Wildman–Crippen LogP) is 6.34. The molecule has 5 nitrogen and oxygen atoms in total. The second kappa shape index (κ2) is 9.50. The van der Waals surface area contributed by atoms with Crippen LogP contribution < -0.4 is 10.1 Å². The zero-order valence-corrected chi connectivity index (χ0v) is 17.5. The van der Waals surface area contributed by atoms with Crippen molar-refractivity contribution in [2.24, 2.45) is 5.10 Å². The van der Waals surface area contributed by atoms with Crippen LogP contribution in [0.4, 0.5) is 32.4 Å². The lowest BCUT2D eigenvalue weighted by molar-refractivity contribution is -0.137. The first-order valence-electron chi connectivity index (χ1n) is 10.1.